The summed E-state index contributed by atoms with van der Waals surface area (Å²) in [5, 5.41) is 20.2. The Morgan fingerprint density at radius 1 is 0.938 bits per heavy atom. The van der Waals surface area contributed by atoms with Crippen molar-refractivity contribution in [3.8, 4) is 0 Å². The van der Waals surface area contributed by atoms with Gasteiger partial charge >= 0.3 is 12.0 Å². The number of carboxylic acids is 1. The lowest BCUT2D eigenvalue weighted by atomic mass is 10.0. The van der Waals surface area contributed by atoms with Crippen LogP contribution in [0.25, 0.3) is 0 Å². The normalized spacial score (nSPS) is 21.5. The Bertz CT molecular complexity index is 637. The number of carbonyl (C=O) groups excluding carboxylic acids is 3. The molecule has 0 saturated carbocycles. The van der Waals surface area contributed by atoms with Crippen LogP contribution in [-0.2, 0) is 23.9 Å². The first-order valence-electron chi connectivity index (χ1n) is 11.0. The number of carbonyl (C=O) groups is 4. The topological polar surface area (TPSA) is 155 Å². The summed E-state index contributed by atoms with van der Waals surface area (Å²) >= 11 is 1.88. The Morgan fingerprint density at radius 2 is 1.59 bits per heavy atom. The molecule has 0 aromatic carbocycles. The zero-order valence-corrected chi connectivity index (χ0v) is 19.0. The number of thioether (sulfide) groups is 1. The average molecular weight is 475 g/mol. The zero-order chi connectivity index (χ0) is 23.2. The molecule has 2 heterocycles. The summed E-state index contributed by atoms with van der Waals surface area (Å²) in [6, 6.07) is 0.379. The number of urea groups is 1. The summed E-state index contributed by atoms with van der Waals surface area (Å²) in [6.07, 6.45) is 3.03. The van der Waals surface area contributed by atoms with E-state index in [-0.39, 0.29) is 42.8 Å². The minimum absolute atomic E-state index is 0.0104. The fourth-order valence-electron chi connectivity index (χ4n) is 3.52. The summed E-state index contributed by atoms with van der Waals surface area (Å²) in [6.45, 7) is 2.24. The number of hydrogen-bond donors (Lipinski definition) is 5. The first-order valence-corrected chi connectivity index (χ1v) is 12.1. The molecule has 2 fully saturated rings. The summed E-state index contributed by atoms with van der Waals surface area (Å²) in [4.78, 5) is 44.9. The van der Waals surface area contributed by atoms with E-state index in [9.17, 15) is 19.2 Å². The molecule has 2 aliphatic heterocycles. The van der Waals surface area contributed by atoms with E-state index < -0.39 is 5.97 Å². The van der Waals surface area contributed by atoms with Gasteiger partial charge in [0.05, 0.1) is 44.9 Å². The van der Waals surface area contributed by atoms with Crippen LogP contribution in [0.1, 0.15) is 38.5 Å². The predicted molar refractivity (Wildman–Crippen MR) is 118 cm³/mol. The molecule has 32 heavy (non-hydrogen) atoms. The molecule has 11 nitrogen and oxygen atoms in total. The minimum atomic E-state index is -1.000. The molecule has 2 aliphatic rings. The van der Waals surface area contributed by atoms with E-state index in [1.54, 1.807) is 0 Å². The molecule has 0 aromatic rings. The highest BCUT2D eigenvalue weighted by Crippen LogP contribution is 2.33. The molecular formula is C20H34N4O7S. The Morgan fingerprint density at radius 3 is 2.25 bits per heavy atom. The summed E-state index contributed by atoms with van der Waals surface area (Å²) in [7, 11) is 0. The van der Waals surface area contributed by atoms with Crippen LogP contribution in [0.5, 0.6) is 0 Å². The van der Waals surface area contributed by atoms with E-state index in [1.807, 2.05) is 11.8 Å². The molecule has 0 aliphatic carbocycles. The monoisotopic (exact) mass is 474 g/mol. The van der Waals surface area contributed by atoms with Gasteiger partial charge in [-0.15, -0.1) is 0 Å². The van der Waals surface area contributed by atoms with Crippen molar-refractivity contribution < 1.29 is 33.8 Å². The van der Waals surface area contributed by atoms with Gasteiger partial charge in [-0.2, -0.15) is 11.8 Å². The highest BCUT2D eigenvalue weighted by molar-refractivity contribution is 8.00. The van der Waals surface area contributed by atoms with E-state index in [1.165, 1.54) is 0 Å². The predicted octanol–water partition coefficient (Wildman–Crippen LogP) is -0.157. The maximum atomic E-state index is 11.9. The van der Waals surface area contributed by atoms with Crippen molar-refractivity contribution in [3.05, 3.63) is 0 Å². The first kappa shape index (κ1) is 26.2. The minimum Gasteiger partial charge on any atom is -0.481 e. The van der Waals surface area contributed by atoms with Crippen LogP contribution in [0, 0.1) is 0 Å². The van der Waals surface area contributed by atoms with E-state index in [0.29, 0.717) is 51.2 Å². The lowest BCUT2D eigenvalue weighted by Crippen LogP contribution is -2.36. The van der Waals surface area contributed by atoms with Gasteiger partial charge in [0.1, 0.15) is 0 Å². The molecule has 2 saturated heterocycles. The number of nitrogens with one attached hydrogen (secondary N) is 4. The number of amides is 4. The zero-order valence-electron chi connectivity index (χ0n) is 18.2. The van der Waals surface area contributed by atoms with Crippen LogP contribution in [0.2, 0.25) is 0 Å². The second-order valence-electron chi connectivity index (χ2n) is 7.69. The Labute approximate surface area is 192 Å². The quantitative estimate of drug-likeness (QED) is 0.144. The number of unbranched alkanes of at least 4 members (excludes halogenated alkanes) is 1. The van der Waals surface area contributed by atoms with Gasteiger partial charge < -0.3 is 35.8 Å². The van der Waals surface area contributed by atoms with Crippen molar-refractivity contribution in [2.24, 2.45) is 0 Å². The molecule has 5 N–H and O–H groups in total. The molecule has 0 radical (unpaired) electrons. The van der Waals surface area contributed by atoms with Gasteiger partial charge in [0.2, 0.25) is 11.8 Å². The number of aliphatic carboxylic acids is 1. The SMILES string of the molecule is O=C(O)CCC(=O)NCCOCCOCCNC(=O)CCCC[C@@H]1SC[C@@H]2NC(=O)N[C@@H]21. The van der Waals surface area contributed by atoms with Crippen molar-refractivity contribution in [2.45, 2.75) is 55.9 Å². The van der Waals surface area contributed by atoms with Gasteiger partial charge in [0.15, 0.2) is 0 Å². The van der Waals surface area contributed by atoms with Gasteiger partial charge in [0.25, 0.3) is 0 Å². The molecule has 0 spiro atoms. The number of hydrogen-bond acceptors (Lipinski definition) is 7. The number of rotatable bonds is 17. The summed E-state index contributed by atoms with van der Waals surface area (Å²) < 4.78 is 10.7. The molecule has 182 valence electrons. The van der Waals surface area contributed by atoms with Gasteiger partial charge in [-0.25, -0.2) is 4.79 Å². The van der Waals surface area contributed by atoms with Gasteiger partial charge in [-0.3, -0.25) is 14.4 Å². The molecule has 0 unspecified atom stereocenters. The highest BCUT2D eigenvalue weighted by atomic mass is 32.2. The Balaban J connectivity index is 1.33. The van der Waals surface area contributed by atoms with Crippen LogP contribution >= 0.6 is 11.8 Å². The van der Waals surface area contributed by atoms with Gasteiger partial charge in [-0.1, -0.05) is 6.42 Å². The molecular weight excluding hydrogens is 440 g/mol. The number of fused-ring (bicyclic) bond motifs is 1. The van der Waals surface area contributed by atoms with Gasteiger partial charge in [0, 0.05) is 36.9 Å². The Hall–Kier alpha value is -2.05. The van der Waals surface area contributed by atoms with Crippen LogP contribution in [0.4, 0.5) is 4.79 Å². The van der Waals surface area contributed by atoms with Crippen LogP contribution in [0.3, 0.4) is 0 Å². The van der Waals surface area contributed by atoms with Crippen molar-refractivity contribution in [1.29, 1.82) is 0 Å². The van der Waals surface area contributed by atoms with Crippen molar-refractivity contribution in [2.75, 3.05) is 45.3 Å². The molecule has 12 heteroatoms. The standard InChI is InChI=1S/C20H34N4O7S/c25-16(4-2-1-3-15-19-14(13-32-15)23-20(29)24-19)21-7-9-30-11-12-31-10-8-22-17(26)5-6-18(27)28/h14-15,19H,1-13H2,(H,21,25)(H,22,26)(H,27,28)(H2,23,24,29)/t14-,15-,19-/m0/s1. The van der Waals surface area contributed by atoms with E-state index in [0.717, 1.165) is 25.0 Å². The van der Waals surface area contributed by atoms with E-state index in [2.05, 4.69) is 21.3 Å². The van der Waals surface area contributed by atoms with E-state index in [4.69, 9.17) is 14.6 Å². The molecule has 0 aromatic heterocycles. The third kappa shape index (κ3) is 10.5. The lowest BCUT2D eigenvalue weighted by molar-refractivity contribution is -0.138. The maximum Gasteiger partial charge on any atom is 0.315 e. The summed E-state index contributed by atoms with van der Waals surface area (Å²) in [5.41, 5.74) is 0. The van der Waals surface area contributed by atoms with Crippen LogP contribution in [0.15, 0.2) is 0 Å². The highest BCUT2D eigenvalue weighted by Gasteiger charge is 2.42. The average Bonchev–Trinajstić information content (AvgIpc) is 3.30. The molecule has 3 atom stereocenters. The number of ether oxygens (including phenoxy) is 2. The third-order valence-electron chi connectivity index (χ3n) is 5.16. The fraction of sp³-hybridized carbons (Fsp3) is 0.800. The number of carboxylic acid groups (broad SMARTS) is 1. The third-order valence-corrected chi connectivity index (χ3v) is 6.66. The maximum absolute atomic E-state index is 11.9. The van der Waals surface area contributed by atoms with Gasteiger partial charge in [-0.05, 0) is 12.8 Å². The summed E-state index contributed by atoms with van der Waals surface area (Å²) in [5.74, 6) is -0.351. The molecule has 2 rings (SSSR count). The Kier molecular flexibility index (Phi) is 12.2. The van der Waals surface area contributed by atoms with Crippen molar-refractivity contribution in [3.63, 3.8) is 0 Å². The molecule has 4 amide bonds. The molecule has 0 bridgehead atoms. The fourth-order valence-corrected chi connectivity index (χ4v) is 5.06. The smallest absolute Gasteiger partial charge is 0.315 e. The second kappa shape index (κ2) is 14.9. The van der Waals surface area contributed by atoms with Crippen LogP contribution in [-0.4, -0.2) is 91.5 Å². The van der Waals surface area contributed by atoms with Crippen molar-refractivity contribution in [1.82, 2.24) is 21.3 Å². The van der Waals surface area contributed by atoms with E-state index >= 15 is 0 Å². The largest absolute Gasteiger partial charge is 0.481 e. The second-order valence-corrected chi connectivity index (χ2v) is 8.96. The first-order chi connectivity index (χ1) is 15.5. The lowest BCUT2D eigenvalue weighted by Gasteiger charge is -2.16. The van der Waals surface area contributed by atoms with Crippen LogP contribution < -0.4 is 21.3 Å². The van der Waals surface area contributed by atoms with Crippen molar-refractivity contribution >= 4 is 35.6 Å².